The van der Waals surface area contributed by atoms with Gasteiger partial charge < -0.3 is 15.0 Å². The quantitative estimate of drug-likeness (QED) is 0.204. The van der Waals surface area contributed by atoms with E-state index in [1.807, 2.05) is 0 Å². The number of H-pyrrole nitrogens is 1. The molecule has 2 aromatic heterocycles. The molecular formula is C33H32ClF6N7O. The van der Waals surface area contributed by atoms with E-state index in [0.29, 0.717) is 19.4 Å². The zero-order valence-corrected chi connectivity index (χ0v) is 26.7. The molecule has 254 valence electrons. The van der Waals surface area contributed by atoms with Crippen molar-refractivity contribution in [2.45, 2.75) is 68.7 Å². The maximum atomic E-state index is 17.1. The topological polar surface area (TPSA) is 82.2 Å². The van der Waals surface area contributed by atoms with Gasteiger partial charge in [-0.3, -0.25) is 10.00 Å². The van der Waals surface area contributed by atoms with E-state index in [1.54, 1.807) is 4.90 Å². The number of ether oxygens (including phenoxy) is 1. The summed E-state index contributed by atoms with van der Waals surface area (Å²) < 4.78 is 94.4. The third kappa shape index (κ3) is 5.09. The lowest BCUT2D eigenvalue weighted by Crippen LogP contribution is -2.59. The van der Waals surface area contributed by atoms with Crippen LogP contribution in [0.15, 0.2) is 30.5 Å². The lowest BCUT2D eigenvalue weighted by molar-refractivity contribution is -0.137. The minimum Gasteiger partial charge on any atom is -0.461 e. The Kier molecular flexibility index (Phi) is 7.39. The van der Waals surface area contributed by atoms with Gasteiger partial charge in [0, 0.05) is 47.1 Å². The summed E-state index contributed by atoms with van der Waals surface area (Å²) in [6.07, 6.45) is 0.455. The van der Waals surface area contributed by atoms with Gasteiger partial charge in [-0.05, 0) is 76.2 Å². The van der Waals surface area contributed by atoms with Gasteiger partial charge in [0.1, 0.15) is 17.9 Å². The highest BCUT2D eigenvalue weighted by molar-refractivity contribution is 6.35. The summed E-state index contributed by atoms with van der Waals surface area (Å²) >= 11 is 6.74. The van der Waals surface area contributed by atoms with Gasteiger partial charge in [-0.25, -0.2) is 4.39 Å². The van der Waals surface area contributed by atoms with Crippen LogP contribution in [0.25, 0.3) is 32.9 Å². The number of halogens is 7. The zero-order chi connectivity index (χ0) is 33.6. The van der Waals surface area contributed by atoms with Gasteiger partial charge in [-0.2, -0.15) is 37.0 Å². The van der Waals surface area contributed by atoms with Gasteiger partial charge in [0.2, 0.25) is 0 Å². The molecular weight excluding hydrogens is 660 g/mol. The summed E-state index contributed by atoms with van der Waals surface area (Å²) in [6.45, 7) is 3.93. The summed E-state index contributed by atoms with van der Waals surface area (Å²) in [4.78, 5) is 13.4. The molecule has 48 heavy (non-hydrogen) atoms. The molecule has 0 unspecified atom stereocenters. The van der Waals surface area contributed by atoms with Crippen LogP contribution in [-0.2, 0) is 6.18 Å². The number of aromatic nitrogens is 4. The van der Waals surface area contributed by atoms with Gasteiger partial charge in [0.15, 0.2) is 5.82 Å². The van der Waals surface area contributed by atoms with E-state index in [-0.39, 0.29) is 69.0 Å². The van der Waals surface area contributed by atoms with Crippen LogP contribution in [0.2, 0.25) is 5.02 Å². The number of nitrogens with one attached hydrogen (secondary N) is 2. The number of alkyl halides is 3. The first kappa shape index (κ1) is 31.6. The molecule has 0 radical (unpaired) electrons. The van der Waals surface area contributed by atoms with Crippen molar-refractivity contribution < 1.29 is 31.1 Å². The number of nitrogens with zero attached hydrogens (tertiary/aromatic N) is 5. The Hall–Kier alpha value is -3.62. The normalized spacial score (nSPS) is 23.8. The van der Waals surface area contributed by atoms with Gasteiger partial charge in [-0.15, -0.1) is 0 Å². The van der Waals surface area contributed by atoms with Gasteiger partial charge in [0.05, 0.1) is 33.4 Å². The fourth-order valence-electron chi connectivity index (χ4n) is 8.65. The number of aryl methyl sites for hydroxylation is 1. The van der Waals surface area contributed by atoms with E-state index in [0.717, 1.165) is 44.8 Å². The summed E-state index contributed by atoms with van der Waals surface area (Å²) in [5, 5.41) is 9.78. The molecule has 0 amide bonds. The smallest absolute Gasteiger partial charge is 0.417 e. The molecule has 2 aromatic carbocycles. The SMILES string of the molecule is Cc1cc2[nH]ncc2c(-c2c(Cl)cc3c(N4C[C@H]5CC[C@@](C=C(F)F)(C4)N5)nc(OCC45CCCN4CCC5)nc3c2F)c1C(F)(F)F. The molecule has 15 heteroatoms. The molecule has 8 nitrogen and oxygen atoms in total. The fraction of sp³-hybridized carbons (Fsp3) is 0.485. The van der Waals surface area contributed by atoms with Crippen molar-refractivity contribution in [1.82, 2.24) is 30.4 Å². The molecule has 6 heterocycles. The predicted molar refractivity (Wildman–Crippen MR) is 169 cm³/mol. The highest BCUT2D eigenvalue weighted by Gasteiger charge is 2.47. The molecule has 0 aliphatic carbocycles. The van der Waals surface area contributed by atoms with Crippen LogP contribution in [0.1, 0.15) is 49.7 Å². The minimum absolute atomic E-state index is 0.0427. The second-order valence-electron chi connectivity index (χ2n) is 13.6. The first-order valence-corrected chi connectivity index (χ1v) is 16.4. The van der Waals surface area contributed by atoms with Gasteiger partial charge >= 0.3 is 12.2 Å². The Labute approximate surface area is 276 Å². The fourth-order valence-corrected chi connectivity index (χ4v) is 8.94. The van der Waals surface area contributed by atoms with Crippen molar-refractivity contribution in [3.05, 3.63) is 52.5 Å². The molecule has 4 aliphatic rings. The lowest BCUT2D eigenvalue weighted by Gasteiger charge is -2.40. The standard InChI is InChI=1S/C33H32ClF6N7O/c1-17-10-22-20(13-41-45-22)24(26(17)33(38,39)40)25-21(34)11-19-28(27(25)37)42-30(48-16-32-5-2-8-47(32)9-3-6-32)43-29(19)46-14-18-4-7-31(15-46,44-18)12-23(35)36/h10-13,18,44H,2-9,14-16H2,1H3,(H,41,45)/t18-,31-/m1/s1. The summed E-state index contributed by atoms with van der Waals surface area (Å²) in [7, 11) is 0. The van der Waals surface area contributed by atoms with E-state index in [4.69, 9.17) is 21.3 Å². The number of fused-ring (bicyclic) bond motifs is 5. The third-order valence-electron chi connectivity index (χ3n) is 10.6. The Morgan fingerprint density at radius 1 is 1.10 bits per heavy atom. The number of anilines is 1. The Morgan fingerprint density at radius 3 is 2.60 bits per heavy atom. The number of piperazine rings is 1. The monoisotopic (exact) mass is 691 g/mol. The first-order chi connectivity index (χ1) is 22.9. The van der Waals surface area contributed by atoms with Crippen molar-refractivity contribution in [2.75, 3.05) is 37.7 Å². The molecule has 0 saturated carbocycles. The molecule has 4 aromatic rings. The molecule has 2 atom stereocenters. The first-order valence-electron chi connectivity index (χ1n) is 16.0. The maximum absolute atomic E-state index is 17.1. The van der Waals surface area contributed by atoms with Crippen LogP contribution in [0.3, 0.4) is 0 Å². The number of aromatic amines is 1. The molecule has 4 aliphatic heterocycles. The lowest BCUT2D eigenvalue weighted by atomic mass is 9.91. The van der Waals surface area contributed by atoms with Crippen LogP contribution in [0, 0.1) is 12.7 Å². The highest BCUT2D eigenvalue weighted by Crippen LogP contribution is 2.48. The Bertz CT molecular complexity index is 1970. The van der Waals surface area contributed by atoms with E-state index in [2.05, 4.69) is 25.4 Å². The van der Waals surface area contributed by atoms with Gasteiger partial charge in [0.25, 0.3) is 6.08 Å². The molecule has 2 N–H and O–H groups in total. The van der Waals surface area contributed by atoms with Crippen LogP contribution in [0.5, 0.6) is 6.01 Å². The van der Waals surface area contributed by atoms with Crippen molar-refractivity contribution in [3.8, 4) is 17.1 Å². The second kappa shape index (κ2) is 11.2. The number of rotatable bonds is 6. The molecule has 8 rings (SSSR count). The van der Waals surface area contributed by atoms with E-state index in [1.165, 1.54) is 25.3 Å². The summed E-state index contributed by atoms with van der Waals surface area (Å²) in [5.41, 5.74) is -3.32. The average molecular weight is 692 g/mol. The number of hydrogen-bond acceptors (Lipinski definition) is 7. The number of benzene rings is 2. The maximum Gasteiger partial charge on any atom is 0.417 e. The minimum atomic E-state index is -4.85. The summed E-state index contributed by atoms with van der Waals surface area (Å²) in [5.74, 6) is -0.859. The number of hydrogen-bond donors (Lipinski definition) is 2. The zero-order valence-electron chi connectivity index (χ0n) is 26.0. The molecule has 0 spiro atoms. The van der Waals surface area contributed by atoms with E-state index >= 15 is 4.39 Å². The average Bonchev–Trinajstić information content (AvgIpc) is 3.78. The largest absolute Gasteiger partial charge is 0.461 e. The van der Waals surface area contributed by atoms with Crippen LogP contribution in [0.4, 0.5) is 32.2 Å². The van der Waals surface area contributed by atoms with E-state index < -0.39 is 40.3 Å². The third-order valence-corrected chi connectivity index (χ3v) is 10.9. The second-order valence-corrected chi connectivity index (χ2v) is 14.0. The molecule has 4 saturated heterocycles. The Balaban J connectivity index is 1.32. The van der Waals surface area contributed by atoms with Gasteiger partial charge in [-0.1, -0.05) is 11.6 Å². The Morgan fingerprint density at radius 2 is 1.88 bits per heavy atom. The van der Waals surface area contributed by atoms with E-state index in [9.17, 15) is 22.0 Å². The van der Waals surface area contributed by atoms with Crippen molar-refractivity contribution in [1.29, 1.82) is 0 Å². The molecule has 4 fully saturated rings. The highest BCUT2D eigenvalue weighted by atomic mass is 35.5. The van der Waals surface area contributed by atoms with Crippen molar-refractivity contribution in [3.63, 3.8) is 0 Å². The summed E-state index contributed by atoms with van der Waals surface area (Å²) in [6, 6.07) is 2.38. The van der Waals surface area contributed by atoms with Crippen molar-refractivity contribution >= 4 is 39.2 Å². The van der Waals surface area contributed by atoms with Crippen LogP contribution >= 0.6 is 11.6 Å². The molecule has 2 bridgehead atoms. The predicted octanol–water partition coefficient (Wildman–Crippen LogP) is 7.39. The van der Waals surface area contributed by atoms with Crippen LogP contribution < -0.4 is 15.0 Å². The van der Waals surface area contributed by atoms with Crippen LogP contribution in [-0.4, -0.2) is 75.0 Å². The van der Waals surface area contributed by atoms with Crippen molar-refractivity contribution in [2.24, 2.45) is 0 Å².